The first-order valence-electron chi connectivity index (χ1n) is 6.93. The van der Waals surface area contributed by atoms with Crippen LogP contribution in [0.1, 0.15) is 29.2 Å². The summed E-state index contributed by atoms with van der Waals surface area (Å²) in [5.74, 6) is 0.154. The lowest BCUT2D eigenvalue weighted by molar-refractivity contribution is -0.131. The number of carbonyl (C=O) groups excluding carboxylic acids is 1. The van der Waals surface area contributed by atoms with E-state index in [0.29, 0.717) is 19.4 Å². The van der Waals surface area contributed by atoms with Gasteiger partial charge in [-0.3, -0.25) is 9.48 Å². The Morgan fingerprint density at radius 2 is 2.30 bits per heavy atom. The minimum atomic E-state index is -0.392. The fourth-order valence-electron chi connectivity index (χ4n) is 2.66. The number of hydrogen-bond donors (Lipinski definition) is 0. The number of rotatable bonds is 4. The summed E-state index contributed by atoms with van der Waals surface area (Å²) in [5.41, 5.74) is 3.36. The van der Waals surface area contributed by atoms with Gasteiger partial charge in [0.2, 0.25) is 0 Å². The highest BCUT2D eigenvalue weighted by atomic mass is 16.5. The first-order chi connectivity index (χ1) is 9.74. The molecule has 0 aliphatic carbocycles. The summed E-state index contributed by atoms with van der Waals surface area (Å²) in [6.07, 6.45) is 5.46. The molecule has 0 saturated carbocycles. The van der Waals surface area contributed by atoms with E-state index in [9.17, 15) is 4.79 Å². The molecule has 20 heavy (non-hydrogen) atoms. The van der Waals surface area contributed by atoms with Crippen LogP contribution in [-0.4, -0.2) is 22.2 Å². The Bertz CT molecular complexity index is 618. The molecule has 1 aromatic carbocycles. The van der Waals surface area contributed by atoms with E-state index in [-0.39, 0.29) is 5.78 Å². The second-order valence-electron chi connectivity index (χ2n) is 5.19. The smallest absolute Gasteiger partial charge is 0.166 e. The monoisotopic (exact) mass is 270 g/mol. The highest BCUT2D eigenvalue weighted by Crippen LogP contribution is 2.28. The van der Waals surface area contributed by atoms with E-state index in [0.717, 1.165) is 17.5 Å². The highest BCUT2D eigenvalue weighted by molar-refractivity contribution is 5.85. The van der Waals surface area contributed by atoms with Crippen molar-refractivity contribution in [2.45, 2.75) is 25.4 Å². The Balaban J connectivity index is 1.69. The summed E-state index contributed by atoms with van der Waals surface area (Å²) >= 11 is 0. The number of aryl methyl sites for hydroxylation is 2. The average Bonchev–Trinajstić information content (AvgIpc) is 2.90. The van der Waals surface area contributed by atoms with Gasteiger partial charge >= 0.3 is 0 Å². The van der Waals surface area contributed by atoms with Crippen LogP contribution in [0.3, 0.4) is 0 Å². The van der Waals surface area contributed by atoms with Gasteiger partial charge in [0, 0.05) is 19.7 Å². The van der Waals surface area contributed by atoms with Crippen LogP contribution in [0.4, 0.5) is 0 Å². The van der Waals surface area contributed by atoms with Gasteiger partial charge in [0.1, 0.15) is 6.10 Å². The first kappa shape index (κ1) is 13.1. The predicted molar refractivity (Wildman–Crippen MR) is 75.4 cm³/mol. The lowest BCUT2D eigenvalue weighted by atomic mass is 9.93. The van der Waals surface area contributed by atoms with Crippen LogP contribution in [0.25, 0.3) is 0 Å². The summed E-state index contributed by atoms with van der Waals surface area (Å²) < 4.78 is 7.45. The van der Waals surface area contributed by atoms with Crippen molar-refractivity contribution < 1.29 is 9.53 Å². The standard InChI is InChI=1S/C16H18N2O2/c1-18-11-12(10-17-18)6-7-15(19)16-14-5-3-2-4-13(14)8-9-20-16/h2-5,10-11,16H,6-9H2,1H3. The van der Waals surface area contributed by atoms with Crippen molar-refractivity contribution in [3.8, 4) is 0 Å². The molecule has 1 aliphatic rings. The fraction of sp³-hybridized carbons (Fsp3) is 0.375. The van der Waals surface area contributed by atoms with E-state index in [1.807, 2.05) is 37.6 Å². The summed E-state index contributed by atoms with van der Waals surface area (Å²) in [6, 6.07) is 8.07. The molecule has 0 bridgehead atoms. The maximum Gasteiger partial charge on any atom is 0.166 e. The molecule has 2 aromatic rings. The van der Waals surface area contributed by atoms with Gasteiger partial charge in [-0.15, -0.1) is 0 Å². The molecular formula is C16H18N2O2. The van der Waals surface area contributed by atoms with Gasteiger partial charge in [-0.2, -0.15) is 5.10 Å². The second kappa shape index (κ2) is 5.59. The van der Waals surface area contributed by atoms with Gasteiger partial charge in [0.15, 0.2) is 5.78 Å². The minimum Gasteiger partial charge on any atom is -0.365 e. The van der Waals surface area contributed by atoms with Crippen molar-refractivity contribution in [1.82, 2.24) is 9.78 Å². The van der Waals surface area contributed by atoms with Crippen molar-refractivity contribution >= 4 is 5.78 Å². The Morgan fingerprint density at radius 1 is 1.45 bits per heavy atom. The number of Topliss-reactive ketones (excluding diaryl/α,β-unsaturated/α-hetero) is 1. The summed E-state index contributed by atoms with van der Waals surface area (Å²) in [4.78, 5) is 12.4. The Morgan fingerprint density at radius 3 is 3.10 bits per heavy atom. The van der Waals surface area contributed by atoms with Crippen molar-refractivity contribution in [3.63, 3.8) is 0 Å². The van der Waals surface area contributed by atoms with Gasteiger partial charge in [-0.05, 0) is 29.5 Å². The largest absolute Gasteiger partial charge is 0.365 e. The van der Waals surface area contributed by atoms with Crippen LogP contribution in [0, 0.1) is 0 Å². The zero-order valence-corrected chi connectivity index (χ0v) is 11.6. The van der Waals surface area contributed by atoms with Crippen molar-refractivity contribution in [3.05, 3.63) is 53.3 Å². The molecule has 0 saturated heterocycles. The molecule has 0 fully saturated rings. The van der Waals surface area contributed by atoms with Gasteiger partial charge in [-0.25, -0.2) is 0 Å². The zero-order valence-electron chi connectivity index (χ0n) is 11.6. The quantitative estimate of drug-likeness (QED) is 0.855. The normalized spacial score (nSPS) is 17.8. The minimum absolute atomic E-state index is 0.154. The fourth-order valence-corrected chi connectivity index (χ4v) is 2.66. The van der Waals surface area contributed by atoms with Gasteiger partial charge in [0.25, 0.3) is 0 Å². The number of aromatic nitrogens is 2. The lowest BCUT2D eigenvalue weighted by Crippen LogP contribution is -2.23. The van der Waals surface area contributed by atoms with Gasteiger partial charge in [-0.1, -0.05) is 24.3 Å². The molecule has 3 rings (SSSR count). The van der Waals surface area contributed by atoms with Gasteiger partial charge in [0.05, 0.1) is 12.8 Å². The first-order valence-corrected chi connectivity index (χ1v) is 6.93. The molecule has 104 valence electrons. The van der Waals surface area contributed by atoms with Crippen LogP contribution < -0.4 is 0 Å². The zero-order chi connectivity index (χ0) is 13.9. The molecule has 2 heterocycles. The van der Waals surface area contributed by atoms with Crippen molar-refractivity contribution in [1.29, 1.82) is 0 Å². The summed E-state index contributed by atoms with van der Waals surface area (Å²) in [5, 5.41) is 4.12. The number of nitrogens with zero attached hydrogens (tertiary/aromatic N) is 2. The second-order valence-corrected chi connectivity index (χ2v) is 5.19. The summed E-state index contributed by atoms with van der Waals surface area (Å²) in [6.45, 7) is 0.625. The van der Waals surface area contributed by atoms with E-state index in [2.05, 4.69) is 11.2 Å². The number of benzene rings is 1. The molecule has 1 unspecified atom stereocenters. The van der Waals surface area contributed by atoms with E-state index in [4.69, 9.17) is 4.74 Å². The van der Waals surface area contributed by atoms with Crippen molar-refractivity contribution in [2.75, 3.05) is 6.61 Å². The Kier molecular flexibility index (Phi) is 3.65. The molecule has 1 atom stereocenters. The third-order valence-corrected chi connectivity index (χ3v) is 3.70. The topological polar surface area (TPSA) is 44.1 Å². The van der Waals surface area contributed by atoms with Crippen LogP contribution in [-0.2, 0) is 29.4 Å². The number of fused-ring (bicyclic) bond motifs is 1. The van der Waals surface area contributed by atoms with Crippen LogP contribution in [0.2, 0.25) is 0 Å². The maximum atomic E-state index is 12.4. The van der Waals surface area contributed by atoms with E-state index < -0.39 is 6.10 Å². The SMILES string of the molecule is Cn1cc(CCC(=O)C2OCCc3ccccc32)cn1. The van der Waals surface area contributed by atoms with E-state index >= 15 is 0 Å². The predicted octanol–water partition coefficient (Wildman–Crippen LogP) is 2.24. The molecule has 0 N–H and O–H groups in total. The van der Waals surface area contributed by atoms with E-state index in [1.165, 1.54) is 5.56 Å². The molecule has 0 amide bonds. The lowest BCUT2D eigenvalue weighted by Gasteiger charge is -2.24. The molecule has 4 heteroatoms. The van der Waals surface area contributed by atoms with Crippen molar-refractivity contribution in [2.24, 2.45) is 7.05 Å². The number of carbonyl (C=O) groups is 1. The van der Waals surface area contributed by atoms with Crippen LogP contribution in [0.5, 0.6) is 0 Å². The molecule has 4 nitrogen and oxygen atoms in total. The van der Waals surface area contributed by atoms with E-state index in [1.54, 1.807) is 4.68 Å². The van der Waals surface area contributed by atoms with Gasteiger partial charge < -0.3 is 4.74 Å². The third-order valence-electron chi connectivity index (χ3n) is 3.70. The average molecular weight is 270 g/mol. The third kappa shape index (κ3) is 2.65. The maximum absolute atomic E-state index is 12.4. The molecule has 0 radical (unpaired) electrons. The number of ether oxygens (including phenoxy) is 1. The summed E-state index contributed by atoms with van der Waals surface area (Å²) in [7, 11) is 1.88. The van der Waals surface area contributed by atoms with Crippen LogP contribution >= 0.6 is 0 Å². The highest BCUT2D eigenvalue weighted by Gasteiger charge is 2.26. The molecule has 1 aliphatic heterocycles. The Hall–Kier alpha value is -1.94. The molecular weight excluding hydrogens is 252 g/mol. The molecule has 1 aromatic heterocycles. The van der Waals surface area contributed by atoms with Crippen LogP contribution in [0.15, 0.2) is 36.7 Å². The number of hydrogen-bond acceptors (Lipinski definition) is 3. The Labute approximate surface area is 118 Å². The number of ketones is 1. The molecule has 0 spiro atoms.